The number of hydrogen-bond donors (Lipinski definition) is 1. The van der Waals surface area contributed by atoms with Crippen LogP contribution in [0.4, 0.5) is 0 Å². The average Bonchev–Trinajstić information content (AvgIpc) is 2.91. The van der Waals surface area contributed by atoms with Crippen molar-refractivity contribution in [1.29, 1.82) is 0 Å². The lowest BCUT2D eigenvalue weighted by molar-refractivity contribution is 0.305. The van der Waals surface area contributed by atoms with E-state index in [-0.39, 0.29) is 11.5 Å². The minimum absolute atomic E-state index is 0.0614. The molecular weight excluding hydrogens is 254 g/mol. The summed E-state index contributed by atoms with van der Waals surface area (Å²) < 4.78 is 1.68. The van der Waals surface area contributed by atoms with Crippen molar-refractivity contribution in [2.24, 2.45) is 0 Å². The second-order valence-corrected chi connectivity index (χ2v) is 5.23. The summed E-state index contributed by atoms with van der Waals surface area (Å²) in [6.07, 6.45) is 2.29. The predicted octanol–water partition coefficient (Wildman–Crippen LogP) is 1.75. The van der Waals surface area contributed by atoms with Gasteiger partial charge in [0, 0.05) is 33.8 Å². The van der Waals surface area contributed by atoms with Gasteiger partial charge in [0.05, 0.1) is 13.2 Å². The van der Waals surface area contributed by atoms with Crippen LogP contribution < -0.4 is 4.87 Å². The van der Waals surface area contributed by atoms with Gasteiger partial charge in [-0.2, -0.15) is 0 Å². The first kappa shape index (κ1) is 12.1. The summed E-state index contributed by atoms with van der Waals surface area (Å²) in [7, 11) is 0. The van der Waals surface area contributed by atoms with E-state index in [2.05, 4.69) is 11.8 Å². The summed E-state index contributed by atoms with van der Waals surface area (Å²) in [6, 6.07) is 1.99. The fourth-order valence-electron chi connectivity index (χ4n) is 1.33. The van der Waals surface area contributed by atoms with Gasteiger partial charge in [-0.15, -0.1) is 11.3 Å². The van der Waals surface area contributed by atoms with Crippen molar-refractivity contribution in [2.45, 2.75) is 13.0 Å². The SMILES string of the molecule is O=c1sccn1Cc1cc(C#CCCO)cs1. The molecule has 0 amide bonds. The molecule has 0 radical (unpaired) electrons. The molecule has 0 aliphatic rings. The summed E-state index contributed by atoms with van der Waals surface area (Å²) in [4.78, 5) is 12.5. The third-order valence-corrected chi connectivity index (χ3v) is 3.71. The van der Waals surface area contributed by atoms with E-state index in [0.29, 0.717) is 13.0 Å². The molecule has 5 heteroatoms. The third kappa shape index (κ3) is 3.30. The number of thiophene rings is 1. The Kier molecular flexibility index (Phi) is 4.15. The van der Waals surface area contributed by atoms with Gasteiger partial charge in [-0.1, -0.05) is 23.2 Å². The minimum atomic E-state index is 0.0614. The summed E-state index contributed by atoms with van der Waals surface area (Å²) >= 11 is 2.80. The van der Waals surface area contributed by atoms with Gasteiger partial charge in [0.2, 0.25) is 0 Å². The molecule has 0 unspecified atom stereocenters. The molecule has 2 heterocycles. The van der Waals surface area contributed by atoms with E-state index < -0.39 is 0 Å². The summed E-state index contributed by atoms with van der Waals surface area (Å²) in [5, 5.41) is 12.4. The van der Waals surface area contributed by atoms with Crippen molar-refractivity contribution >= 4 is 22.7 Å². The van der Waals surface area contributed by atoms with Crippen LogP contribution in [0.3, 0.4) is 0 Å². The van der Waals surface area contributed by atoms with Gasteiger partial charge in [-0.3, -0.25) is 4.79 Å². The zero-order chi connectivity index (χ0) is 12.1. The molecule has 17 heavy (non-hydrogen) atoms. The Bertz CT molecular complexity index is 598. The van der Waals surface area contributed by atoms with Gasteiger partial charge in [-0.05, 0) is 6.07 Å². The molecule has 0 aliphatic heterocycles. The highest BCUT2D eigenvalue weighted by Gasteiger charge is 2.01. The molecule has 2 aromatic heterocycles. The van der Waals surface area contributed by atoms with Crippen LogP contribution in [-0.4, -0.2) is 16.3 Å². The number of nitrogens with zero attached hydrogens (tertiary/aromatic N) is 1. The minimum Gasteiger partial charge on any atom is -0.395 e. The monoisotopic (exact) mass is 265 g/mol. The highest BCUT2D eigenvalue weighted by atomic mass is 32.1. The number of hydrogen-bond acceptors (Lipinski definition) is 4. The number of rotatable bonds is 3. The van der Waals surface area contributed by atoms with Crippen LogP contribution in [0.5, 0.6) is 0 Å². The maximum Gasteiger partial charge on any atom is 0.307 e. The predicted molar refractivity (Wildman–Crippen MR) is 70.6 cm³/mol. The van der Waals surface area contributed by atoms with Gasteiger partial charge in [0.1, 0.15) is 0 Å². The number of aromatic nitrogens is 1. The van der Waals surface area contributed by atoms with Crippen LogP contribution in [0, 0.1) is 11.8 Å². The third-order valence-electron chi connectivity index (χ3n) is 2.09. The molecule has 1 N–H and O–H groups in total. The maximum absolute atomic E-state index is 11.4. The van der Waals surface area contributed by atoms with Crippen LogP contribution in [0.1, 0.15) is 16.9 Å². The van der Waals surface area contributed by atoms with Crippen LogP contribution >= 0.6 is 22.7 Å². The first-order valence-electron chi connectivity index (χ1n) is 5.10. The smallest absolute Gasteiger partial charge is 0.307 e. The molecule has 0 saturated carbocycles. The highest BCUT2D eigenvalue weighted by molar-refractivity contribution is 7.10. The fourth-order valence-corrected chi connectivity index (χ4v) is 2.72. The normalized spacial score (nSPS) is 9.94. The lowest BCUT2D eigenvalue weighted by atomic mass is 10.3. The van der Waals surface area contributed by atoms with Gasteiger partial charge >= 0.3 is 4.87 Å². The van der Waals surface area contributed by atoms with Crippen molar-refractivity contribution in [3.63, 3.8) is 0 Å². The Morgan fingerprint density at radius 3 is 3.00 bits per heavy atom. The van der Waals surface area contributed by atoms with Crippen molar-refractivity contribution in [2.75, 3.05) is 6.61 Å². The van der Waals surface area contributed by atoms with E-state index in [4.69, 9.17) is 5.11 Å². The van der Waals surface area contributed by atoms with Gasteiger partial charge in [0.15, 0.2) is 0 Å². The highest BCUT2D eigenvalue weighted by Crippen LogP contribution is 2.14. The Balaban J connectivity index is 2.07. The topological polar surface area (TPSA) is 42.2 Å². The fraction of sp³-hybridized carbons (Fsp3) is 0.250. The average molecular weight is 265 g/mol. The summed E-state index contributed by atoms with van der Waals surface area (Å²) in [5.41, 5.74) is 0.946. The molecule has 0 fully saturated rings. The van der Waals surface area contributed by atoms with Crippen molar-refractivity contribution in [3.05, 3.63) is 43.1 Å². The zero-order valence-corrected chi connectivity index (χ0v) is 10.7. The van der Waals surface area contributed by atoms with Crippen molar-refractivity contribution in [1.82, 2.24) is 4.57 Å². The second kappa shape index (κ2) is 5.82. The molecular formula is C12H11NO2S2. The lowest BCUT2D eigenvalue weighted by Crippen LogP contribution is -2.11. The summed E-state index contributed by atoms with van der Waals surface area (Å²) in [5.74, 6) is 5.85. The Hall–Kier alpha value is -1.35. The second-order valence-electron chi connectivity index (χ2n) is 3.37. The number of aliphatic hydroxyl groups excluding tert-OH is 1. The molecule has 2 aromatic rings. The first-order valence-corrected chi connectivity index (χ1v) is 6.86. The van der Waals surface area contributed by atoms with Crippen molar-refractivity contribution in [3.8, 4) is 11.8 Å². The van der Waals surface area contributed by atoms with Crippen LogP contribution in [0.2, 0.25) is 0 Å². The van der Waals surface area contributed by atoms with Crippen molar-refractivity contribution < 1.29 is 5.11 Å². The van der Waals surface area contributed by atoms with Crippen LogP contribution in [0.15, 0.2) is 27.8 Å². The molecule has 0 aliphatic carbocycles. The Morgan fingerprint density at radius 1 is 1.41 bits per heavy atom. The molecule has 0 bridgehead atoms. The van der Waals surface area contributed by atoms with Gasteiger partial charge in [0.25, 0.3) is 0 Å². The quantitative estimate of drug-likeness (QED) is 0.859. The van der Waals surface area contributed by atoms with E-state index in [1.165, 1.54) is 11.3 Å². The van der Waals surface area contributed by atoms with Crippen LogP contribution in [0.25, 0.3) is 0 Å². The van der Waals surface area contributed by atoms with Crippen LogP contribution in [-0.2, 0) is 6.54 Å². The molecule has 0 saturated heterocycles. The standard InChI is InChI=1S/C12H11NO2S2/c14-5-2-1-3-10-7-11(17-9-10)8-13-4-6-16-12(13)15/h4,6-7,9,14H,2,5,8H2. The molecule has 0 aromatic carbocycles. The Morgan fingerprint density at radius 2 is 2.29 bits per heavy atom. The molecule has 3 nitrogen and oxygen atoms in total. The van der Waals surface area contributed by atoms with E-state index in [0.717, 1.165) is 10.4 Å². The van der Waals surface area contributed by atoms with E-state index in [1.54, 1.807) is 27.5 Å². The number of aliphatic hydroxyl groups is 1. The van der Waals surface area contributed by atoms with E-state index >= 15 is 0 Å². The largest absolute Gasteiger partial charge is 0.395 e. The number of thiazole rings is 1. The van der Waals surface area contributed by atoms with Gasteiger partial charge < -0.3 is 9.67 Å². The zero-order valence-electron chi connectivity index (χ0n) is 9.05. The van der Waals surface area contributed by atoms with E-state index in [1.807, 2.05) is 11.4 Å². The first-order chi connectivity index (χ1) is 8.29. The Labute approximate surface area is 107 Å². The van der Waals surface area contributed by atoms with E-state index in [9.17, 15) is 4.79 Å². The summed E-state index contributed by atoms with van der Waals surface area (Å²) in [6.45, 7) is 0.697. The molecule has 0 atom stereocenters. The molecule has 0 spiro atoms. The maximum atomic E-state index is 11.4. The van der Waals surface area contributed by atoms with Gasteiger partial charge in [-0.25, -0.2) is 0 Å². The molecule has 88 valence electrons. The molecule has 2 rings (SSSR count). The lowest BCUT2D eigenvalue weighted by Gasteiger charge is -1.95.